The lowest BCUT2D eigenvalue weighted by Gasteiger charge is -2.17. The van der Waals surface area contributed by atoms with Crippen molar-refractivity contribution in [2.75, 3.05) is 7.05 Å². The molecule has 112 valence electrons. The number of nitrogens with one attached hydrogen (secondary N) is 1. The highest BCUT2D eigenvalue weighted by molar-refractivity contribution is 5.25. The van der Waals surface area contributed by atoms with Gasteiger partial charge in [0.25, 0.3) is 0 Å². The summed E-state index contributed by atoms with van der Waals surface area (Å²) in [5, 5.41) is 3.20. The third-order valence-electron chi connectivity index (χ3n) is 3.40. The first-order valence-corrected chi connectivity index (χ1v) is 6.71. The van der Waals surface area contributed by atoms with Crippen molar-refractivity contribution in [3.8, 4) is 0 Å². The van der Waals surface area contributed by atoms with Crippen molar-refractivity contribution in [1.29, 1.82) is 0 Å². The first-order chi connectivity index (χ1) is 9.99. The van der Waals surface area contributed by atoms with Gasteiger partial charge in [0.1, 0.15) is 0 Å². The molecule has 1 N–H and O–H groups in total. The Morgan fingerprint density at radius 2 is 1.48 bits per heavy atom. The molecule has 0 aliphatic carbocycles. The lowest BCUT2D eigenvalue weighted by atomic mass is 9.99. The Morgan fingerprint density at radius 1 is 0.952 bits per heavy atom. The lowest BCUT2D eigenvalue weighted by Crippen LogP contribution is -2.29. The standard InChI is InChI=1S/C16H17F3N2/c1-20-15(11-13-6-8-21-9-7-13)10-12-2-4-14(5-3-12)16(17,18)19/h2-9,15,20H,10-11H2,1H3. The fourth-order valence-electron chi connectivity index (χ4n) is 2.19. The zero-order valence-electron chi connectivity index (χ0n) is 11.7. The monoisotopic (exact) mass is 294 g/mol. The second-order valence-electron chi connectivity index (χ2n) is 4.94. The molecule has 0 spiro atoms. The SMILES string of the molecule is CNC(Cc1ccncc1)Cc1ccc(C(F)(F)F)cc1. The van der Waals surface area contributed by atoms with Crippen molar-refractivity contribution in [2.24, 2.45) is 0 Å². The minimum absolute atomic E-state index is 0.170. The van der Waals surface area contributed by atoms with Crippen molar-refractivity contribution in [3.63, 3.8) is 0 Å². The van der Waals surface area contributed by atoms with Gasteiger partial charge in [0.15, 0.2) is 0 Å². The molecule has 0 aliphatic heterocycles. The summed E-state index contributed by atoms with van der Waals surface area (Å²) in [5.74, 6) is 0. The summed E-state index contributed by atoms with van der Waals surface area (Å²) in [5.41, 5.74) is 1.43. The van der Waals surface area contributed by atoms with E-state index in [0.717, 1.165) is 29.7 Å². The van der Waals surface area contributed by atoms with Crippen molar-refractivity contribution in [2.45, 2.75) is 25.1 Å². The van der Waals surface area contributed by atoms with Gasteiger partial charge < -0.3 is 5.32 Å². The molecule has 0 amide bonds. The zero-order chi connectivity index (χ0) is 15.3. The summed E-state index contributed by atoms with van der Waals surface area (Å²) in [4.78, 5) is 3.97. The van der Waals surface area contributed by atoms with Gasteiger partial charge in [0, 0.05) is 18.4 Å². The Labute approximate surface area is 122 Å². The highest BCUT2D eigenvalue weighted by Gasteiger charge is 2.29. The third kappa shape index (κ3) is 4.56. The minimum Gasteiger partial charge on any atom is -0.316 e. The van der Waals surface area contributed by atoms with E-state index in [0.29, 0.717) is 6.42 Å². The quantitative estimate of drug-likeness (QED) is 0.913. The van der Waals surface area contributed by atoms with Gasteiger partial charge >= 0.3 is 6.18 Å². The molecule has 1 atom stereocenters. The number of aromatic nitrogens is 1. The largest absolute Gasteiger partial charge is 0.416 e. The number of hydrogen-bond acceptors (Lipinski definition) is 2. The summed E-state index contributed by atoms with van der Waals surface area (Å²) < 4.78 is 37.6. The summed E-state index contributed by atoms with van der Waals surface area (Å²) in [6.07, 6.45) is 0.676. The average Bonchev–Trinajstić information content (AvgIpc) is 2.47. The van der Waals surface area contributed by atoms with E-state index in [1.165, 1.54) is 0 Å². The predicted molar refractivity (Wildman–Crippen MR) is 75.9 cm³/mol. The van der Waals surface area contributed by atoms with Gasteiger partial charge in [-0.15, -0.1) is 0 Å². The van der Waals surface area contributed by atoms with Gasteiger partial charge in [-0.05, 0) is 55.3 Å². The van der Waals surface area contributed by atoms with Gasteiger partial charge in [0.05, 0.1) is 5.56 Å². The van der Waals surface area contributed by atoms with Gasteiger partial charge in [-0.25, -0.2) is 0 Å². The molecule has 0 radical (unpaired) electrons. The Morgan fingerprint density at radius 3 is 1.95 bits per heavy atom. The van der Waals surface area contributed by atoms with Crippen LogP contribution in [0.25, 0.3) is 0 Å². The van der Waals surface area contributed by atoms with Crippen LogP contribution in [-0.2, 0) is 19.0 Å². The second kappa shape index (κ2) is 6.72. The number of rotatable bonds is 5. The fraction of sp³-hybridized carbons (Fsp3) is 0.312. The van der Waals surface area contributed by atoms with Crippen LogP contribution in [0.1, 0.15) is 16.7 Å². The van der Waals surface area contributed by atoms with Crippen molar-refractivity contribution >= 4 is 0 Å². The zero-order valence-corrected chi connectivity index (χ0v) is 11.7. The van der Waals surface area contributed by atoms with Gasteiger partial charge in [-0.2, -0.15) is 13.2 Å². The molecule has 1 aromatic heterocycles. The summed E-state index contributed by atoms with van der Waals surface area (Å²) in [7, 11) is 1.86. The van der Waals surface area contributed by atoms with Crippen LogP contribution in [0.2, 0.25) is 0 Å². The van der Waals surface area contributed by atoms with Crippen molar-refractivity contribution in [1.82, 2.24) is 10.3 Å². The average molecular weight is 294 g/mol. The molecule has 1 heterocycles. The summed E-state index contributed by atoms with van der Waals surface area (Å²) in [6.45, 7) is 0. The normalized spacial score (nSPS) is 13.1. The molecule has 5 heteroatoms. The Bertz CT molecular complexity index is 550. The van der Waals surface area contributed by atoms with Crippen LogP contribution in [0, 0.1) is 0 Å². The van der Waals surface area contributed by atoms with E-state index in [2.05, 4.69) is 10.3 Å². The molecule has 0 saturated heterocycles. The number of alkyl halides is 3. The summed E-state index contributed by atoms with van der Waals surface area (Å²) >= 11 is 0. The number of likely N-dealkylation sites (N-methyl/N-ethyl adjacent to an activating group) is 1. The van der Waals surface area contributed by atoms with E-state index in [4.69, 9.17) is 0 Å². The summed E-state index contributed by atoms with van der Waals surface area (Å²) in [6, 6.07) is 9.40. The number of benzene rings is 1. The van der Waals surface area contributed by atoms with Gasteiger partial charge in [0.2, 0.25) is 0 Å². The number of halogens is 3. The van der Waals surface area contributed by atoms with E-state index >= 15 is 0 Å². The van der Waals surface area contributed by atoms with Crippen LogP contribution >= 0.6 is 0 Å². The first kappa shape index (κ1) is 15.5. The molecular weight excluding hydrogens is 277 g/mol. The molecule has 0 aliphatic rings. The van der Waals surface area contributed by atoms with Crippen LogP contribution in [-0.4, -0.2) is 18.1 Å². The highest BCUT2D eigenvalue weighted by Crippen LogP contribution is 2.29. The fourth-order valence-corrected chi connectivity index (χ4v) is 2.19. The maximum absolute atomic E-state index is 12.5. The maximum Gasteiger partial charge on any atom is 0.416 e. The molecule has 1 unspecified atom stereocenters. The van der Waals surface area contributed by atoms with Crippen LogP contribution in [0.15, 0.2) is 48.8 Å². The minimum atomic E-state index is -4.28. The number of hydrogen-bond donors (Lipinski definition) is 1. The Kier molecular flexibility index (Phi) is 4.96. The van der Waals surface area contributed by atoms with Crippen molar-refractivity contribution < 1.29 is 13.2 Å². The number of pyridine rings is 1. The van der Waals surface area contributed by atoms with Crippen LogP contribution in [0.4, 0.5) is 13.2 Å². The molecule has 21 heavy (non-hydrogen) atoms. The van der Waals surface area contributed by atoms with E-state index < -0.39 is 11.7 Å². The van der Waals surface area contributed by atoms with Crippen LogP contribution in [0.5, 0.6) is 0 Å². The topological polar surface area (TPSA) is 24.9 Å². The third-order valence-corrected chi connectivity index (χ3v) is 3.40. The number of nitrogens with zero attached hydrogens (tertiary/aromatic N) is 1. The van der Waals surface area contributed by atoms with Crippen LogP contribution < -0.4 is 5.32 Å². The van der Waals surface area contributed by atoms with E-state index in [1.54, 1.807) is 24.5 Å². The molecule has 0 saturated carbocycles. The maximum atomic E-state index is 12.5. The Hall–Kier alpha value is -1.88. The molecule has 0 bridgehead atoms. The molecule has 1 aromatic carbocycles. The van der Waals surface area contributed by atoms with Crippen molar-refractivity contribution in [3.05, 3.63) is 65.5 Å². The lowest BCUT2D eigenvalue weighted by molar-refractivity contribution is -0.137. The Balaban J connectivity index is 2.02. The van der Waals surface area contributed by atoms with Gasteiger partial charge in [-0.3, -0.25) is 4.98 Å². The van der Waals surface area contributed by atoms with E-state index in [9.17, 15) is 13.2 Å². The molecule has 2 nitrogen and oxygen atoms in total. The first-order valence-electron chi connectivity index (χ1n) is 6.71. The van der Waals surface area contributed by atoms with Crippen LogP contribution in [0.3, 0.4) is 0 Å². The van der Waals surface area contributed by atoms with Gasteiger partial charge in [-0.1, -0.05) is 12.1 Å². The van der Waals surface area contributed by atoms with E-state index in [-0.39, 0.29) is 6.04 Å². The highest BCUT2D eigenvalue weighted by atomic mass is 19.4. The molecule has 2 aromatic rings. The predicted octanol–water partition coefficient (Wildman–Crippen LogP) is 3.47. The smallest absolute Gasteiger partial charge is 0.316 e. The molecular formula is C16H17F3N2. The second-order valence-corrected chi connectivity index (χ2v) is 4.94. The van der Waals surface area contributed by atoms with E-state index in [1.807, 2.05) is 19.2 Å². The molecule has 0 fully saturated rings. The molecule has 2 rings (SSSR count).